The molecule has 1 aromatic rings. The van der Waals surface area contributed by atoms with Crippen molar-refractivity contribution < 1.29 is 8.42 Å². The van der Waals surface area contributed by atoms with E-state index in [1.807, 2.05) is 0 Å². The highest BCUT2D eigenvalue weighted by Gasteiger charge is 2.17. The van der Waals surface area contributed by atoms with E-state index in [0.29, 0.717) is 17.1 Å². The van der Waals surface area contributed by atoms with Crippen LogP contribution in [0.5, 0.6) is 0 Å². The van der Waals surface area contributed by atoms with E-state index in [1.165, 1.54) is 5.57 Å². The zero-order valence-electron chi connectivity index (χ0n) is 11.4. The van der Waals surface area contributed by atoms with Gasteiger partial charge in [-0.3, -0.25) is 0 Å². The fourth-order valence-corrected chi connectivity index (χ4v) is 3.73. The molecule has 0 unspecified atom stereocenters. The fourth-order valence-electron chi connectivity index (χ4n) is 2.20. The summed E-state index contributed by atoms with van der Waals surface area (Å²) in [4.78, 5) is 0.254. The van der Waals surface area contributed by atoms with E-state index in [4.69, 9.17) is 11.6 Å². The zero-order valence-corrected chi connectivity index (χ0v) is 13.0. The minimum absolute atomic E-state index is 0.254. The lowest BCUT2D eigenvalue weighted by atomic mass is 10.1. The standard InChI is InChI=1S/C14H19ClN2O2S/c1-11-13(15)3-2-4-14(11)20(18,19)17-10-7-12-5-8-16-9-6-12/h2-5,16-17H,6-10H2,1H3. The lowest BCUT2D eigenvalue weighted by Gasteiger charge is -2.15. The topological polar surface area (TPSA) is 58.2 Å². The van der Waals surface area contributed by atoms with E-state index >= 15 is 0 Å². The monoisotopic (exact) mass is 314 g/mol. The molecule has 110 valence electrons. The molecule has 2 N–H and O–H groups in total. The third kappa shape index (κ3) is 3.82. The highest BCUT2D eigenvalue weighted by atomic mass is 35.5. The third-order valence-corrected chi connectivity index (χ3v) is 5.42. The van der Waals surface area contributed by atoms with Gasteiger partial charge in [-0.2, -0.15) is 0 Å². The van der Waals surface area contributed by atoms with Crippen LogP contribution in [0, 0.1) is 6.92 Å². The van der Waals surface area contributed by atoms with Gasteiger partial charge in [-0.25, -0.2) is 13.1 Å². The van der Waals surface area contributed by atoms with Crippen LogP contribution < -0.4 is 10.0 Å². The average molecular weight is 315 g/mol. The van der Waals surface area contributed by atoms with E-state index in [2.05, 4.69) is 16.1 Å². The summed E-state index contributed by atoms with van der Waals surface area (Å²) in [6.45, 7) is 3.97. The first-order valence-corrected chi connectivity index (χ1v) is 8.50. The fraction of sp³-hybridized carbons (Fsp3) is 0.429. The molecule has 0 amide bonds. The van der Waals surface area contributed by atoms with Crippen LogP contribution in [0.25, 0.3) is 0 Å². The van der Waals surface area contributed by atoms with Crippen LogP contribution >= 0.6 is 11.6 Å². The Morgan fingerprint density at radius 3 is 2.90 bits per heavy atom. The second-order valence-corrected chi connectivity index (χ2v) is 6.97. The highest BCUT2D eigenvalue weighted by molar-refractivity contribution is 7.89. The highest BCUT2D eigenvalue weighted by Crippen LogP contribution is 2.22. The lowest BCUT2D eigenvalue weighted by Crippen LogP contribution is -2.27. The maximum absolute atomic E-state index is 12.2. The van der Waals surface area contributed by atoms with Gasteiger partial charge in [0.25, 0.3) is 0 Å². The second kappa shape index (κ2) is 6.72. The molecule has 2 rings (SSSR count). The molecule has 1 heterocycles. The Balaban J connectivity index is 2.00. The Kier molecular flexibility index (Phi) is 5.21. The number of hydrogen-bond acceptors (Lipinski definition) is 3. The summed E-state index contributed by atoms with van der Waals surface area (Å²) >= 11 is 5.97. The molecule has 1 aromatic carbocycles. The number of nitrogens with one attached hydrogen (secondary N) is 2. The van der Waals surface area contributed by atoms with Crippen molar-refractivity contribution in [3.05, 3.63) is 40.4 Å². The lowest BCUT2D eigenvalue weighted by molar-refractivity contribution is 0.579. The molecule has 0 fully saturated rings. The summed E-state index contributed by atoms with van der Waals surface area (Å²) in [5, 5.41) is 3.70. The summed E-state index contributed by atoms with van der Waals surface area (Å²) in [5.41, 5.74) is 1.89. The zero-order chi connectivity index (χ0) is 14.6. The van der Waals surface area contributed by atoms with Crippen LogP contribution in [0.2, 0.25) is 5.02 Å². The van der Waals surface area contributed by atoms with E-state index in [9.17, 15) is 8.42 Å². The second-order valence-electron chi connectivity index (χ2n) is 4.83. The van der Waals surface area contributed by atoms with Crippen molar-refractivity contribution in [2.24, 2.45) is 0 Å². The van der Waals surface area contributed by atoms with E-state index in [-0.39, 0.29) is 4.90 Å². The minimum atomic E-state index is -3.49. The van der Waals surface area contributed by atoms with Crippen molar-refractivity contribution in [1.82, 2.24) is 10.0 Å². The van der Waals surface area contributed by atoms with Crippen LogP contribution in [-0.2, 0) is 10.0 Å². The molecule has 6 heteroatoms. The quantitative estimate of drug-likeness (QED) is 0.820. The first kappa shape index (κ1) is 15.5. The molecule has 0 aromatic heterocycles. The molecule has 0 aliphatic carbocycles. The van der Waals surface area contributed by atoms with Gasteiger partial charge in [0.15, 0.2) is 0 Å². The van der Waals surface area contributed by atoms with Gasteiger partial charge in [-0.15, -0.1) is 0 Å². The van der Waals surface area contributed by atoms with Gasteiger partial charge >= 0.3 is 0 Å². The number of hydrogen-bond donors (Lipinski definition) is 2. The van der Waals surface area contributed by atoms with Crippen molar-refractivity contribution in [3.63, 3.8) is 0 Å². The van der Waals surface area contributed by atoms with Gasteiger partial charge in [0.2, 0.25) is 10.0 Å². The molecule has 1 aliphatic rings. The molecule has 0 saturated heterocycles. The molecule has 0 spiro atoms. The van der Waals surface area contributed by atoms with Gasteiger partial charge in [-0.05, 0) is 44.0 Å². The number of halogens is 1. The Hall–Kier alpha value is -0.880. The molecule has 0 saturated carbocycles. The summed E-state index contributed by atoms with van der Waals surface area (Å²) in [7, 11) is -3.49. The van der Waals surface area contributed by atoms with Gasteiger partial charge in [0.05, 0.1) is 4.90 Å². The van der Waals surface area contributed by atoms with Crippen molar-refractivity contribution in [1.29, 1.82) is 0 Å². The number of rotatable bonds is 5. The van der Waals surface area contributed by atoms with Crippen molar-refractivity contribution in [2.45, 2.75) is 24.7 Å². The average Bonchev–Trinajstić information content (AvgIpc) is 2.42. The Labute approximate surface area is 125 Å². The summed E-state index contributed by atoms with van der Waals surface area (Å²) < 4.78 is 27.1. The molecule has 4 nitrogen and oxygen atoms in total. The Morgan fingerprint density at radius 1 is 1.40 bits per heavy atom. The number of sulfonamides is 1. The van der Waals surface area contributed by atoms with Crippen molar-refractivity contribution >= 4 is 21.6 Å². The molecular formula is C14H19ClN2O2S. The van der Waals surface area contributed by atoms with Gasteiger partial charge in [-0.1, -0.05) is 29.3 Å². The first-order chi connectivity index (χ1) is 9.50. The van der Waals surface area contributed by atoms with Gasteiger partial charge in [0, 0.05) is 18.1 Å². The first-order valence-electron chi connectivity index (χ1n) is 6.64. The predicted molar refractivity (Wildman–Crippen MR) is 81.6 cm³/mol. The van der Waals surface area contributed by atoms with Crippen LogP contribution in [0.4, 0.5) is 0 Å². The molecule has 0 bridgehead atoms. The van der Waals surface area contributed by atoms with Crippen LogP contribution in [0.3, 0.4) is 0 Å². The predicted octanol–water partition coefficient (Wildman–Crippen LogP) is 2.24. The molecule has 0 radical (unpaired) electrons. The largest absolute Gasteiger partial charge is 0.313 e. The van der Waals surface area contributed by atoms with Crippen LogP contribution in [-0.4, -0.2) is 28.1 Å². The maximum Gasteiger partial charge on any atom is 0.240 e. The smallest absolute Gasteiger partial charge is 0.240 e. The van der Waals surface area contributed by atoms with Crippen molar-refractivity contribution in [3.8, 4) is 0 Å². The van der Waals surface area contributed by atoms with Gasteiger partial charge in [0.1, 0.15) is 0 Å². The van der Waals surface area contributed by atoms with E-state index < -0.39 is 10.0 Å². The molecule has 0 atom stereocenters. The third-order valence-electron chi connectivity index (χ3n) is 3.40. The minimum Gasteiger partial charge on any atom is -0.313 e. The Morgan fingerprint density at radius 2 is 2.20 bits per heavy atom. The SMILES string of the molecule is Cc1c(Cl)cccc1S(=O)(=O)NCCC1=CCNCC1. The number of benzene rings is 1. The maximum atomic E-state index is 12.2. The van der Waals surface area contributed by atoms with E-state index in [1.54, 1.807) is 25.1 Å². The van der Waals surface area contributed by atoms with E-state index in [0.717, 1.165) is 25.9 Å². The van der Waals surface area contributed by atoms with Crippen molar-refractivity contribution in [2.75, 3.05) is 19.6 Å². The normalized spacial score (nSPS) is 16.0. The van der Waals surface area contributed by atoms with Gasteiger partial charge < -0.3 is 5.32 Å². The summed E-state index contributed by atoms with van der Waals surface area (Å²) in [6, 6.07) is 4.92. The molecule has 1 aliphatic heterocycles. The molecular weight excluding hydrogens is 296 g/mol. The molecule has 20 heavy (non-hydrogen) atoms. The van der Waals surface area contributed by atoms with Crippen LogP contribution in [0.1, 0.15) is 18.4 Å². The summed E-state index contributed by atoms with van der Waals surface area (Å²) in [6.07, 6.45) is 3.86. The Bertz CT molecular complexity index is 612. The van der Waals surface area contributed by atoms with Crippen LogP contribution in [0.15, 0.2) is 34.7 Å². The summed E-state index contributed by atoms with van der Waals surface area (Å²) in [5.74, 6) is 0.